The molecule has 106 valence electrons. The monoisotopic (exact) mass is 339 g/mol. The van der Waals surface area contributed by atoms with Crippen LogP contribution in [0, 0.1) is 24.0 Å². The molecule has 0 atom stereocenters. The van der Waals surface area contributed by atoms with Crippen LogP contribution in [0.15, 0.2) is 27.1 Å². The van der Waals surface area contributed by atoms with Crippen molar-refractivity contribution in [2.75, 3.05) is 0 Å². The molecule has 2 rings (SSSR count). The molecule has 0 radical (unpaired) electrons. The summed E-state index contributed by atoms with van der Waals surface area (Å²) in [6.07, 6.45) is 0. The van der Waals surface area contributed by atoms with E-state index < -0.39 is 4.92 Å². The molecule has 0 bridgehead atoms. The van der Waals surface area contributed by atoms with Gasteiger partial charge in [0.15, 0.2) is 0 Å². The van der Waals surface area contributed by atoms with Gasteiger partial charge >= 0.3 is 0 Å². The second kappa shape index (κ2) is 6.15. The molecule has 0 unspecified atom stereocenters. The number of non-ortho nitro benzene ring substituents is 1. The lowest BCUT2D eigenvalue weighted by molar-refractivity contribution is -0.385. The van der Waals surface area contributed by atoms with E-state index in [0.29, 0.717) is 23.5 Å². The van der Waals surface area contributed by atoms with Gasteiger partial charge in [-0.15, -0.1) is 0 Å². The third kappa shape index (κ3) is 3.64. The van der Waals surface area contributed by atoms with Crippen molar-refractivity contribution in [2.45, 2.75) is 26.9 Å². The van der Waals surface area contributed by atoms with Gasteiger partial charge in [0.25, 0.3) is 5.69 Å². The topological polar surface area (TPSA) is 81.2 Å². The van der Waals surface area contributed by atoms with Gasteiger partial charge in [-0.3, -0.25) is 10.1 Å². The molecule has 0 amide bonds. The first-order valence-corrected chi connectivity index (χ1v) is 6.82. The van der Waals surface area contributed by atoms with Crippen LogP contribution in [-0.4, -0.2) is 9.91 Å². The van der Waals surface area contributed by atoms with Crippen LogP contribution in [0.25, 0.3) is 0 Å². The molecule has 0 fully saturated rings. The fraction of sp³-hybridized carbons (Fsp3) is 0.308. The molecule has 0 aliphatic heterocycles. The molecule has 0 aliphatic carbocycles. The van der Waals surface area contributed by atoms with Gasteiger partial charge in [-0.05, 0) is 25.5 Å². The molecule has 7 heteroatoms. The normalized spacial score (nSPS) is 10.8. The number of nitro groups is 1. The van der Waals surface area contributed by atoms with E-state index in [4.69, 9.17) is 4.42 Å². The third-order valence-electron chi connectivity index (χ3n) is 2.83. The molecule has 0 spiro atoms. The standard InChI is InChI=1S/C13H14BrN3O3/c1-8-9(2)20-13(16-8)7-15-6-10-3-11(14)5-12(4-10)17(18)19/h3-5,15H,6-7H2,1-2H3. The van der Waals surface area contributed by atoms with Gasteiger partial charge in [-0.25, -0.2) is 4.98 Å². The van der Waals surface area contributed by atoms with Crippen LogP contribution < -0.4 is 5.32 Å². The van der Waals surface area contributed by atoms with Crippen LogP contribution in [0.3, 0.4) is 0 Å². The summed E-state index contributed by atoms with van der Waals surface area (Å²) < 4.78 is 6.13. The Hall–Kier alpha value is -1.73. The van der Waals surface area contributed by atoms with Gasteiger partial charge in [-0.1, -0.05) is 15.9 Å². The lowest BCUT2D eigenvalue weighted by atomic mass is 10.2. The largest absolute Gasteiger partial charge is 0.444 e. The van der Waals surface area contributed by atoms with Gasteiger partial charge in [-0.2, -0.15) is 0 Å². The summed E-state index contributed by atoms with van der Waals surface area (Å²) in [5.74, 6) is 1.42. The third-order valence-corrected chi connectivity index (χ3v) is 3.29. The lowest BCUT2D eigenvalue weighted by Crippen LogP contribution is -2.13. The number of rotatable bonds is 5. The Kier molecular flexibility index (Phi) is 4.51. The number of benzene rings is 1. The van der Waals surface area contributed by atoms with E-state index in [1.165, 1.54) is 6.07 Å². The number of oxazole rings is 1. The number of aromatic nitrogens is 1. The Labute approximate surface area is 124 Å². The first-order valence-electron chi connectivity index (χ1n) is 6.03. The Morgan fingerprint density at radius 1 is 1.35 bits per heavy atom. The van der Waals surface area contributed by atoms with Crippen molar-refractivity contribution in [3.63, 3.8) is 0 Å². The molecular weight excluding hydrogens is 326 g/mol. The molecule has 0 aliphatic rings. The number of nitrogens with one attached hydrogen (secondary N) is 1. The zero-order valence-corrected chi connectivity index (χ0v) is 12.7. The molecule has 2 aromatic rings. The lowest BCUT2D eigenvalue weighted by Gasteiger charge is -2.03. The maximum absolute atomic E-state index is 10.8. The summed E-state index contributed by atoms with van der Waals surface area (Å²) in [6.45, 7) is 4.74. The van der Waals surface area contributed by atoms with Gasteiger partial charge in [0.2, 0.25) is 5.89 Å². The predicted molar refractivity (Wildman–Crippen MR) is 77.3 cm³/mol. The van der Waals surface area contributed by atoms with E-state index in [1.54, 1.807) is 6.07 Å². The molecule has 1 aromatic carbocycles. The highest BCUT2D eigenvalue weighted by Gasteiger charge is 2.09. The highest BCUT2D eigenvalue weighted by atomic mass is 79.9. The predicted octanol–water partition coefficient (Wildman–Crippen LogP) is 3.25. The van der Waals surface area contributed by atoms with Crippen molar-refractivity contribution in [1.29, 1.82) is 0 Å². The molecule has 1 N–H and O–H groups in total. The van der Waals surface area contributed by atoms with E-state index in [0.717, 1.165) is 17.0 Å². The summed E-state index contributed by atoms with van der Waals surface area (Å²) in [5.41, 5.74) is 1.77. The molecule has 0 saturated carbocycles. The van der Waals surface area contributed by atoms with Gasteiger partial charge in [0, 0.05) is 23.2 Å². The van der Waals surface area contributed by atoms with E-state index in [1.807, 2.05) is 19.9 Å². The minimum absolute atomic E-state index is 0.0685. The SMILES string of the molecule is Cc1nc(CNCc2cc(Br)cc([N+](=O)[O-])c2)oc1C. The van der Waals surface area contributed by atoms with Crippen LogP contribution in [-0.2, 0) is 13.1 Å². The van der Waals surface area contributed by atoms with Crippen molar-refractivity contribution < 1.29 is 9.34 Å². The Balaban J connectivity index is 1.98. The Morgan fingerprint density at radius 3 is 2.70 bits per heavy atom. The van der Waals surface area contributed by atoms with E-state index in [9.17, 15) is 10.1 Å². The second-order valence-corrected chi connectivity index (χ2v) is 5.34. The minimum atomic E-state index is -0.408. The van der Waals surface area contributed by atoms with Gasteiger partial charge < -0.3 is 9.73 Å². The average Bonchev–Trinajstić information content (AvgIpc) is 2.68. The van der Waals surface area contributed by atoms with Crippen LogP contribution in [0.1, 0.15) is 22.9 Å². The number of nitro benzene ring substituents is 1. The summed E-state index contributed by atoms with van der Waals surface area (Å²) in [6, 6.07) is 4.86. The fourth-order valence-electron chi connectivity index (χ4n) is 1.77. The van der Waals surface area contributed by atoms with E-state index in [2.05, 4.69) is 26.2 Å². The number of hydrogen-bond acceptors (Lipinski definition) is 5. The summed E-state index contributed by atoms with van der Waals surface area (Å²) in [7, 11) is 0. The Morgan fingerprint density at radius 2 is 2.10 bits per heavy atom. The maximum Gasteiger partial charge on any atom is 0.270 e. The van der Waals surface area contributed by atoms with Crippen LogP contribution >= 0.6 is 15.9 Å². The molecular formula is C13H14BrN3O3. The highest BCUT2D eigenvalue weighted by Crippen LogP contribution is 2.21. The van der Waals surface area contributed by atoms with Crippen LogP contribution in [0.4, 0.5) is 5.69 Å². The highest BCUT2D eigenvalue weighted by molar-refractivity contribution is 9.10. The quantitative estimate of drug-likeness (QED) is 0.667. The number of aryl methyl sites for hydroxylation is 2. The zero-order chi connectivity index (χ0) is 14.7. The summed E-state index contributed by atoms with van der Waals surface area (Å²) >= 11 is 3.27. The maximum atomic E-state index is 10.8. The summed E-state index contributed by atoms with van der Waals surface area (Å²) in [4.78, 5) is 14.6. The van der Waals surface area contributed by atoms with Crippen molar-refractivity contribution >= 4 is 21.6 Å². The number of halogens is 1. The smallest absolute Gasteiger partial charge is 0.270 e. The molecule has 6 nitrogen and oxygen atoms in total. The van der Waals surface area contributed by atoms with Crippen LogP contribution in [0.2, 0.25) is 0 Å². The molecule has 20 heavy (non-hydrogen) atoms. The van der Waals surface area contributed by atoms with Crippen LogP contribution in [0.5, 0.6) is 0 Å². The average molecular weight is 340 g/mol. The molecule has 0 saturated heterocycles. The van der Waals surface area contributed by atoms with Crippen molar-refractivity contribution in [1.82, 2.24) is 10.3 Å². The number of nitrogens with zero attached hydrogens (tertiary/aromatic N) is 2. The summed E-state index contributed by atoms with van der Waals surface area (Å²) in [5, 5.41) is 13.9. The van der Waals surface area contributed by atoms with Crippen molar-refractivity contribution in [3.05, 3.63) is 55.7 Å². The van der Waals surface area contributed by atoms with E-state index in [-0.39, 0.29) is 5.69 Å². The molecule has 1 aromatic heterocycles. The number of hydrogen-bond donors (Lipinski definition) is 1. The minimum Gasteiger partial charge on any atom is -0.444 e. The zero-order valence-electron chi connectivity index (χ0n) is 11.1. The first-order chi connectivity index (χ1) is 9.45. The fourth-order valence-corrected chi connectivity index (χ4v) is 2.30. The first kappa shape index (κ1) is 14.7. The van der Waals surface area contributed by atoms with Gasteiger partial charge in [0.05, 0.1) is 17.2 Å². The van der Waals surface area contributed by atoms with Crippen molar-refractivity contribution in [3.8, 4) is 0 Å². The second-order valence-electron chi connectivity index (χ2n) is 4.43. The Bertz CT molecular complexity index is 620. The van der Waals surface area contributed by atoms with Gasteiger partial charge in [0.1, 0.15) is 5.76 Å². The van der Waals surface area contributed by atoms with E-state index >= 15 is 0 Å². The van der Waals surface area contributed by atoms with Crippen molar-refractivity contribution in [2.24, 2.45) is 0 Å². The molecule has 1 heterocycles.